The van der Waals surface area contributed by atoms with Gasteiger partial charge in [0, 0.05) is 18.7 Å². The highest BCUT2D eigenvalue weighted by molar-refractivity contribution is 6.00. The molecule has 1 heterocycles. The van der Waals surface area contributed by atoms with Gasteiger partial charge in [-0.15, -0.1) is 0 Å². The first-order valence-electron chi connectivity index (χ1n) is 9.26. The molecule has 4 rings (SSSR count). The summed E-state index contributed by atoms with van der Waals surface area (Å²) in [4.78, 5) is 19.2. The van der Waals surface area contributed by atoms with Crippen LogP contribution in [0, 0.1) is 11.7 Å². The average molecular weight is 364 g/mol. The number of oxazole rings is 1. The van der Waals surface area contributed by atoms with Crippen LogP contribution in [-0.2, 0) is 0 Å². The van der Waals surface area contributed by atoms with Crippen LogP contribution in [0.3, 0.4) is 0 Å². The fourth-order valence-corrected chi connectivity index (χ4v) is 3.18. The van der Waals surface area contributed by atoms with Crippen molar-refractivity contribution in [3.8, 4) is 22.8 Å². The predicted octanol–water partition coefficient (Wildman–Crippen LogP) is 5.02. The highest BCUT2D eigenvalue weighted by Crippen LogP contribution is 2.32. The lowest BCUT2D eigenvalue weighted by atomic mass is 10.1. The molecule has 138 valence electrons. The molecule has 0 spiro atoms. The first-order valence-corrected chi connectivity index (χ1v) is 9.26. The van der Waals surface area contributed by atoms with E-state index in [4.69, 9.17) is 4.42 Å². The fraction of sp³-hybridized carbons (Fsp3) is 0.273. The molecule has 0 saturated heterocycles. The monoisotopic (exact) mass is 364 g/mol. The van der Waals surface area contributed by atoms with Gasteiger partial charge in [0.2, 0.25) is 5.89 Å². The standard InChI is InChI=1S/C22H21FN2O2/c1-2-25(14-15-11-12-15)22(26)17-8-4-3-7-16(17)21-24-13-20(27-21)18-9-5-6-10-19(18)23/h3-10,13,15H,2,11-12,14H2,1H3. The van der Waals surface area contributed by atoms with E-state index in [2.05, 4.69) is 4.98 Å². The number of rotatable bonds is 6. The highest BCUT2D eigenvalue weighted by Gasteiger charge is 2.28. The lowest BCUT2D eigenvalue weighted by Crippen LogP contribution is -2.33. The van der Waals surface area contributed by atoms with Crippen LogP contribution < -0.4 is 0 Å². The van der Waals surface area contributed by atoms with Gasteiger partial charge in [0.1, 0.15) is 5.82 Å². The maximum Gasteiger partial charge on any atom is 0.254 e. The third-order valence-corrected chi connectivity index (χ3v) is 4.88. The normalized spacial score (nSPS) is 13.6. The Labute approximate surface area is 157 Å². The van der Waals surface area contributed by atoms with Crippen LogP contribution in [0.15, 0.2) is 59.1 Å². The molecule has 0 N–H and O–H groups in total. The molecule has 3 aromatic rings. The number of benzene rings is 2. The Balaban J connectivity index is 1.67. The van der Waals surface area contributed by atoms with Gasteiger partial charge in [-0.05, 0) is 49.9 Å². The summed E-state index contributed by atoms with van der Waals surface area (Å²) in [5.74, 6) is 0.891. The van der Waals surface area contributed by atoms with E-state index in [1.54, 1.807) is 24.3 Å². The summed E-state index contributed by atoms with van der Waals surface area (Å²) >= 11 is 0. The second-order valence-corrected chi connectivity index (χ2v) is 6.84. The second-order valence-electron chi connectivity index (χ2n) is 6.84. The summed E-state index contributed by atoms with van der Waals surface area (Å²) in [6, 6.07) is 13.7. The predicted molar refractivity (Wildman–Crippen MR) is 102 cm³/mol. The fourth-order valence-electron chi connectivity index (χ4n) is 3.18. The molecule has 0 unspecified atom stereocenters. The van der Waals surface area contributed by atoms with Crippen molar-refractivity contribution in [1.29, 1.82) is 0 Å². The van der Waals surface area contributed by atoms with Crippen LogP contribution in [0.4, 0.5) is 4.39 Å². The largest absolute Gasteiger partial charge is 0.436 e. The highest BCUT2D eigenvalue weighted by atomic mass is 19.1. The number of carbonyl (C=O) groups is 1. The van der Waals surface area contributed by atoms with Gasteiger partial charge < -0.3 is 9.32 Å². The average Bonchev–Trinajstić information content (AvgIpc) is 3.39. The van der Waals surface area contributed by atoms with Gasteiger partial charge >= 0.3 is 0 Å². The molecule has 2 aromatic carbocycles. The zero-order valence-corrected chi connectivity index (χ0v) is 15.2. The summed E-state index contributed by atoms with van der Waals surface area (Å²) in [6.07, 6.45) is 3.88. The second kappa shape index (κ2) is 7.35. The number of nitrogens with zero attached hydrogens (tertiary/aromatic N) is 2. The van der Waals surface area contributed by atoms with E-state index in [1.165, 1.54) is 25.1 Å². The summed E-state index contributed by atoms with van der Waals surface area (Å²) in [5, 5.41) is 0. The molecule has 1 amide bonds. The van der Waals surface area contributed by atoms with Gasteiger partial charge in [-0.2, -0.15) is 0 Å². The van der Waals surface area contributed by atoms with Crippen molar-refractivity contribution in [1.82, 2.24) is 9.88 Å². The third kappa shape index (κ3) is 3.63. The van der Waals surface area contributed by atoms with Crippen LogP contribution in [0.1, 0.15) is 30.1 Å². The van der Waals surface area contributed by atoms with Crippen molar-refractivity contribution >= 4 is 5.91 Å². The molecule has 0 atom stereocenters. The molecule has 27 heavy (non-hydrogen) atoms. The minimum atomic E-state index is -0.369. The van der Waals surface area contributed by atoms with Gasteiger partial charge in [0.15, 0.2) is 5.76 Å². The van der Waals surface area contributed by atoms with Gasteiger partial charge in [-0.1, -0.05) is 24.3 Å². The Hall–Kier alpha value is -2.95. The minimum Gasteiger partial charge on any atom is -0.436 e. The van der Waals surface area contributed by atoms with Crippen LogP contribution in [0.5, 0.6) is 0 Å². The Bertz CT molecular complexity index is 962. The van der Waals surface area contributed by atoms with Crippen LogP contribution in [0.2, 0.25) is 0 Å². The van der Waals surface area contributed by atoms with E-state index in [1.807, 2.05) is 30.0 Å². The zero-order chi connectivity index (χ0) is 18.8. The van der Waals surface area contributed by atoms with E-state index >= 15 is 0 Å². The van der Waals surface area contributed by atoms with Crippen molar-refractivity contribution in [2.24, 2.45) is 5.92 Å². The van der Waals surface area contributed by atoms with Crippen molar-refractivity contribution in [3.63, 3.8) is 0 Å². The Kier molecular flexibility index (Phi) is 4.75. The van der Waals surface area contributed by atoms with Crippen molar-refractivity contribution < 1.29 is 13.6 Å². The molecule has 0 aliphatic heterocycles. The van der Waals surface area contributed by atoms with E-state index in [-0.39, 0.29) is 11.7 Å². The van der Waals surface area contributed by atoms with E-state index < -0.39 is 0 Å². The number of halogens is 1. The zero-order valence-electron chi connectivity index (χ0n) is 15.2. The van der Waals surface area contributed by atoms with Gasteiger partial charge in [0.25, 0.3) is 5.91 Å². The van der Waals surface area contributed by atoms with Crippen LogP contribution in [-0.4, -0.2) is 28.9 Å². The minimum absolute atomic E-state index is 0.0226. The van der Waals surface area contributed by atoms with E-state index in [0.717, 1.165) is 6.54 Å². The topological polar surface area (TPSA) is 46.3 Å². The quantitative estimate of drug-likeness (QED) is 0.617. The molecular formula is C22H21FN2O2. The Morgan fingerprint density at radius 2 is 1.85 bits per heavy atom. The molecule has 5 heteroatoms. The molecule has 1 saturated carbocycles. The number of aromatic nitrogens is 1. The van der Waals surface area contributed by atoms with Crippen LogP contribution in [0.25, 0.3) is 22.8 Å². The van der Waals surface area contributed by atoms with E-state index in [9.17, 15) is 9.18 Å². The lowest BCUT2D eigenvalue weighted by Gasteiger charge is -2.21. The van der Waals surface area contributed by atoms with Gasteiger partial charge in [0.05, 0.1) is 17.3 Å². The number of carbonyl (C=O) groups excluding carboxylic acids is 1. The van der Waals surface area contributed by atoms with Crippen molar-refractivity contribution in [3.05, 3.63) is 66.1 Å². The summed E-state index contributed by atoms with van der Waals surface area (Å²) in [5.41, 5.74) is 1.53. The smallest absolute Gasteiger partial charge is 0.254 e. The van der Waals surface area contributed by atoms with Gasteiger partial charge in [-0.25, -0.2) is 9.37 Å². The summed E-state index contributed by atoms with van der Waals surface area (Å²) in [6.45, 7) is 3.44. The lowest BCUT2D eigenvalue weighted by molar-refractivity contribution is 0.0757. The Morgan fingerprint density at radius 3 is 2.56 bits per heavy atom. The van der Waals surface area contributed by atoms with Crippen LogP contribution >= 0.6 is 0 Å². The SMILES string of the molecule is CCN(CC1CC1)C(=O)c1ccccc1-c1ncc(-c2ccccc2F)o1. The van der Waals surface area contributed by atoms with Crippen molar-refractivity contribution in [2.75, 3.05) is 13.1 Å². The molecule has 1 aliphatic carbocycles. The van der Waals surface area contributed by atoms with Gasteiger partial charge in [-0.3, -0.25) is 4.79 Å². The maximum absolute atomic E-state index is 14.0. The number of hydrogen-bond acceptors (Lipinski definition) is 3. The number of amides is 1. The first-order chi connectivity index (χ1) is 13.2. The molecule has 4 nitrogen and oxygen atoms in total. The molecular weight excluding hydrogens is 343 g/mol. The van der Waals surface area contributed by atoms with E-state index in [0.29, 0.717) is 40.8 Å². The van der Waals surface area contributed by atoms with Crippen molar-refractivity contribution in [2.45, 2.75) is 19.8 Å². The maximum atomic E-state index is 14.0. The summed E-state index contributed by atoms with van der Waals surface area (Å²) < 4.78 is 19.8. The molecule has 1 aliphatic rings. The molecule has 0 bridgehead atoms. The summed E-state index contributed by atoms with van der Waals surface area (Å²) in [7, 11) is 0. The first kappa shape index (κ1) is 17.5. The molecule has 1 aromatic heterocycles. The molecule has 1 fully saturated rings. The Morgan fingerprint density at radius 1 is 1.15 bits per heavy atom. The molecule has 0 radical (unpaired) electrons. The number of hydrogen-bond donors (Lipinski definition) is 0. The third-order valence-electron chi connectivity index (χ3n) is 4.88.